The second-order valence-corrected chi connectivity index (χ2v) is 12.8. The lowest BCUT2D eigenvalue weighted by atomic mass is 9.44. The van der Waals surface area contributed by atoms with Gasteiger partial charge in [0, 0.05) is 5.41 Å². The normalized spacial score (nSPS) is 53.1. The Hall–Kier alpha value is -0.0400. The molecule has 1 nitrogen and oxygen atoms in total. The molecular formula is C27H46O. The van der Waals surface area contributed by atoms with Gasteiger partial charge in [-0.15, -0.1) is 0 Å². The van der Waals surface area contributed by atoms with Gasteiger partial charge >= 0.3 is 0 Å². The van der Waals surface area contributed by atoms with Crippen molar-refractivity contribution in [3.05, 3.63) is 0 Å². The van der Waals surface area contributed by atoms with Crippen LogP contribution in [-0.4, -0.2) is 11.7 Å². The molecule has 4 saturated carbocycles. The predicted molar refractivity (Wildman–Crippen MR) is 117 cm³/mol. The van der Waals surface area contributed by atoms with Crippen molar-refractivity contribution in [1.29, 1.82) is 0 Å². The maximum absolute atomic E-state index is 6.60. The highest BCUT2D eigenvalue weighted by Crippen LogP contribution is 2.74. The molecule has 5 fully saturated rings. The molecule has 0 unspecified atom stereocenters. The summed E-state index contributed by atoms with van der Waals surface area (Å²) in [6, 6.07) is 0. The maximum atomic E-state index is 6.60. The van der Waals surface area contributed by atoms with Gasteiger partial charge in [-0.1, -0.05) is 66.7 Å². The fourth-order valence-electron chi connectivity index (χ4n) is 9.74. The van der Waals surface area contributed by atoms with Crippen LogP contribution < -0.4 is 0 Å². The summed E-state index contributed by atoms with van der Waals surface area (Å²) in [5, 5.41) is 0. The summed E-state index contributed by atoms with van der Waals surface area (Å²) in [5.74, 6) is 5.69. The van der Waals surface area contributed by atoms with Crippen LogP contribution in [0.2, 0.25) is 0 Å². The first kappa shape index (κ1) is 19.9. The van der Waals surface area contributed by atoms with E-state index >= 15 is 0 Å². The van der Waals surface area contributed by atoms with Crippen LogP contribution in [0.3, 0.4) is 0 Å². The van der Waals surface area contributed by atoms with Crippen LogP contribution in [0, 0.1) is 46.3 Å². The van der Waals surface area contributed by atoms with Gasteiger partial charge in [0.1, 0.15) is 5.60 Å². The lowest BCUT2D eigenvalue weighted by molar-refractivity contribution is -0.100. The van der Waals surface area contributed by atoms with Crippen molar-refractivity contribution in [2.45, 2.75) is 123 Å². The SMILES string of the molecule is CC(C)CCC[C@H](C)[C@@H]1CC[C@@H]2[C@@H]3C[C@@H]4O[C@@]45CCCC[C@]5(C)[C@@H]3CC[C@@]21C. The van der Waals surface area contributed by atoms with E-state index in [1.165, 1.54) is 77.0 Å². The third-order valence-corrected chi connectivity index (χ3v) is 11.2. The number of fused-ring (bicyclic) bond motifs is 4. The Bertz CT molecular complexity index is 597. The van der Waals surface area contributed by atoms with E-state index in [4.69, 9.17) is 4.74 Å². The summed E-state index contributed by atoms with van der Waals surface area (Å²) in [6.07, 6.45) is 18.1. The molecule has 4 aliphatic carbocycles. The summed E-state index contributed by atoms with van der Waals surface area (Å²) in [5.41, 5.74) is 1.45. The number of hydrogen-bond acceptors (Lipinski definition) is 1. The quantitative estimate of drug-likeness (QED) is 0.442. The maximum Gasteiger partial charge on any atom is 0.100 e. The minimum atomic E-state index is 0.322. The van der Waals surface area contributed by atoms with Crippen LogP contribution >= 0.6 is 0 Å². The molecule has 0 radical (unpaired) electrons. The van der Waals surface area contributed by atoms with Gasteiger partial charge in [0.25, 0.3) is 0 Å². The zero-order valence-corrected chi connectivity index (χ0v) is 19.4. The highest BCUT2D eigenvalue weighted by Gasteiger charge is 2.75. The van der Waals surface area contributed by atoms with Gasteiger partial charge in [-0.25, -0.2) is 0 Å². The van der Waals surface area contributed by atoms with Crippen LogP contribution in [0.15, 0.2) is 0 Å². The summed E-state index contributed by atoms with van der Waals surface area (Å²) < 4.78 is 6.60. The second-order valence-electron chi connectivity index (χ2n) is 12.8. The lowest BCUT2D eigenvalue weighted by Gasteiger charge is -2.59. The van der Waals surface area contributed by atoms with Gasteiger partial charge in [0.05, 0.1) is 6.10 Å². The Morgan fingerprint density at radius 2 is 1.68 bits per heavy atom. The Labute approximate surface area is 174 Å². The molecule has 9 atom stereocenters. The summed E-state index contributed by atoms with van der Waals surface area (Å²) >= 11 is 0. The van der Waals surface area contributed by atoms with E-state index in [-0.39, 0.29) is 0 Å². The van der Waals surface area contributed by atoms with Gasteiger partial charge in [0.2, 0.25) is 0 Å². The molecule has 5 rings (SSSR count). The molecule has 0 amide bonds. The third-order valence-electron chi connectivity index (χ3n) is 11.2. The van der Waals surface area contributed by atoms with Crippen molar-refractivity contribution < 1.29 is 4.74 Å². The van der Waals surface area contributed by atoms with E-state index in [2.05, 4.69) is 34.6 Å². The summed E-state index contributed by atoms with van der Waals surface area (Å²) in [7, 11) is 0. The fourth-order valence-corrected chi connectivity index (χ4v) is 9.74. The van der Waals surface area contributed by atoms with E-state index in [1.807, 2.05) is 0 Å². The van der Waals surface area contributed by atoms with E-state index in [1.54, 1.807) is 0 Å². The molecule has 0 aromatic heterocycles. The standard InChI is InChI=1S/C27H46O/c1-18(2)9-8-10-19(3)21-11-12-22-20-17-24-27(28-24)15-7-6-14-26(27,5)23(20)13-16-25(21,22)4/h18-24H,6-17H2,1-5H3/t19-,20-,21-,22+,23+,24-,25+,26+,27-/m0/s1. The van der Waals surface area contributed by atoms with Crippen molar-refractivity contribution >= 4 is 0 Å². The molecule has 28 heavy (non-hydrogen) atoms. The van der Waals surface area contributed by atoms with Crippen LogP contribution in [0.5, 0.6) is 0 Å². The average molecular weight is 387 g/mol. The fraction of sp³-hybridized carbons (Fsp3) is 1.00. The second kappa shape index (κ2) is 6.73. The first-order valence-corrected chi connectivity index (χ1v) is 13.0. The Morgan fingerprint density at radius 3 is 2.46 bits per heavy atom. The van der Waals surface area contributed by atoms with Crippen LogP contribution in [0.4, 0.5) is 0 Å². The molecule has 160 valence electrons. The topological polar surface area (TPSA) is 12.5 Å². The van der Waals surface area contributed by atoms with Crippen LogP contribution in [0.25, 0.3) is 0 Å². The lowest BCUT2D eigenvalue weighted by Crippen LogP contribution is -2.57. The number of epoxide rings is 1. The highest BCUT2D eigenvalue weighted by molar-refractivity contribution is 5.23. The first-order chi connectivity index (χ1) is 13.3. The monoisotopic (exact) mass is 386 g/mol. The van der Waals surface area contributed by atoms with Crippen molar-refractivity contribution in [1.82, 2.24) is 0 Å². The van der Waals surface area contributed by atoms with Crippen molar-refractivity contribution in [2.75, 3.05) is 0 Å². The van der Waals surface area contributed by atoms with Crippen LogP contribution in [0.1, 0.15) is 112 Å². The molecule has 1 spiro atoms. The van der Waals surface area contributed by atoms with E-state index in [0.29, 0.717) is 22.5 Å². The Balaban J connectivity index is 1.33. The molecule has 0 aromatic carbocycles. The third kappa shape index (κ3) is 2.66. The molecule has 0 N–H and O–H groups in total. The summed E-state index contributed by atoms with van der Waals surface area (Å²) in [6.45, 7) is 12.8. The van der Waals surface area contributed by atoms with Gasteiger partial charge in [-0.3, -0.25) is 0 Å². The van der Waals surface area contributed by atoms with E-state index < -0.39 is 0 Å². The van der Waals surface area contributed by atoms with Gasteiger partial charge < -0.3 is 4.74 Å². The number of ether oxygens (including phenoxy) is 1. The first-order valence-electron chi connectivity index (χ1n) is 13.0. The molecular weight excluding hydrogens is 340 g/mol. The molecule has 5 aliphatic rings. The predicted octanol–water partition coefficient (Wildman–Crippen LogP) is 7.63. The summed E-state index contributed by atoms with van der Waals surface area (Å²) in [4.78, 5) is 0. The van der Waals surface area contributed by atoms with E-state index in [0.717, 1.165) is 35.5 Å². The zero-order valence-electron chi connectivity index (χ0n) is 19.4. The minimum Gasteiger partial charge on any atom is -0.365 e. The molecule has 0 aromatic rings. The van der Waals surface area contributed by atoms with Crippen molar-refractivity contribution in [3.8, 4) is 0 Å². The van der Waals surface area contributed by atoms with Gasteiger partial charge in [-0.05, 0) is 85.9 Å². The minimum absolute atomic E-state index is 0.322. The Kier molecular flexibility index (Phi) is 4.78. The van der Waals surface area contributed by atoms with Crippen molar-refractivity contribution in [2.24, 2.45) is 46.3 Å². The molecule has 1 heteroatoms. The highest BCUT2D eigenvalue weighted by atomic mass is 16.6. The smallest absolute Gasteiger partial charge is 0.100 e. The number of rotatable bonds is 5. The van der Waals surface area contributed by atoms with E-state index in [9.17, 15) is 0 Å². The van der Waals surface area contributed by atoms with Gasteiger partial charge in [0.15, 0.2) is 0 Å². The van der Waals surface area contributed by atoms with Gasteiger partial charge in [-0.2, -0.15) is 0 Å². The molecule has 1 saturated heterocycles. The molecule has 0 bridgehead atoms. The molecule has 1 aliphatic heterocycles. The average Bonchev–Trinajstić information content (AvgIpc) is 3.23. The number of hydrogen-bond donors (Lipinski definition) is 0. The van der Waals surface area contributed by atoms with Crippen LogP contribution in [-0.2, 0) is 4.74 Å². The van der Waals surface area contributed by atoms with Crippen molar-refractivity contribution in [3.63, 3.8) is 0 Å². The largest absolute Gasteiger partial charge is 0.365 e. The zero-order chi connectivity index (χ0) is 19.7. The Morgan fingerprint density at radius 1 is 0.893 bits per heavy atom. The molecule has 1 heterocycles.